The van der Waals surface area contributed by atoms with Gasteiger partial charge in [0.2, 0.25) is 0 Å². The summed E-state index contributed by atoms with van der Waals surface area (Å²) in [6.07, 6.45) is 12.3. The Morgan fingerprint density at radius 2 is 1.70 bits per heavy atom. The van der Waals surface area contributed by atoms with Crippen LogP contribution in [0, 0.1) is 0 Å². The minimum absolute atomic E-state index is 0.416. The zero-order chi connectivity index (χ0) is 15.4. The number of hydrogen-bond acceptors (Lipinski definition) is 2. The summed E-state index contributed by atoms with van der Waals surface area (Å²) in [5.41, 5.74) is 1.07. The Morgan fingerprint density at radius 3 is 2.20 bits per heavy atom. The molecule has 20 heavy (non-hydrogen) atoms. The number of likely N-dealkylation sites (tertiary alicyclic amines) is 1. The maximum atomic E-state index is 9.86. The van der Waals surface area contributed by atoms with Gasteiger partial charge in [-0.1, -0.05) is 51.5 Å². The van der Waals surface area contributed by atoms with Crippen molar-refractivity contribution in [3.05, 3.63) is 23.8 Å². The average molecular weight is 281 g/mol. The van der Waals surface area contributed by atoms with Gasteiger partial charge in [0.05, 0.1) is 5.60 Å². The molecule has 1 aliphatic heterocycles. The highest BCUT2D eigenvalue weighted by atomic mass is 16.3. The molecule has 1 N–H and O–H groups in total. The highest BCUT2D eigenvalue weighted by molar-refractivity contribution is 5.22. The van der Waals surface area contributed by atoms with E-state index in [1.807, 2.05) is 34.6 Å². The lowest BCUT2D eigenvalue weighted by atomic mass is 9.93. The van der Waals surface area contributed by atoms with Gasteiger partial charge in [0, 0.05) is 19.6 Å². The number of allylic oxidation sites excluding steroid dienone is 3. The van der Waals surface area contributed by atoms with Crippen molar-refractivity contribution < 1.29 is 5.11 Å². The largest absolute Gasteiger partial charge is 0.390 e. The summed E-state index contributed by atoms with van der Waals surface area (Å²) < 4.78 is 0. The second-order valence-corrected chi connectivity index (χ2v) is 5.35. The second-order valence-electron chi connectivity index (χ2n) is 5.35. The normalized spacial score (nSPS) is 21.0. The van der Waals surface area contributed by atoms with E-state index < -0.39 is 5.60 Å². The lowest BCUT2D eigenvalue weighted by molar-refractivity contribution is -0.00487. The van der Waals surface area contributed by atoms with Gasteiger partial charge in [-0.15, -0.1) is 0 Å². The summed E-state index contributed by atoms with van der Waals surface area (Å²) in [6, 6.07) is 0. The topological polar surface area (TPSA) is 23.5 Å². The molecule has 0 atom stereocenters. The molecule has 0 saturated carbocycles. The third kappa shape index (κ3) is 7.86. The smallest absolute Gasteiger partial charge is 0.0644 e. The Balaban J connectivity index is 0.000000829. The van der Waals surface area contributed by atoms with E-state index in [0.29, 0.717) is 0 Å². The molecule has 0 unspecified atom stereocenters. The quantitative estimate of drug-likeness (QED) is 0.820. The van der Waals surface area contributed by atoms with Crippen molar-refractivity contribution in [1.82, 2.24) is 4.90 Å². The summed E-state index contributed by atoms with van der Waals surface area (Å²) >= 11 is 0. The van der Waals surface area contributed by atoms with E-state index in [9.17, 15) is 5.11 Å². The number of rotatable bonds is 3. The maximum absolute atomic E-state index is 9.86. The van der Waals surface area contributed by atoms with Crippen LogP contribution < -0.4 is 0 Å². The first-order chi connectivity index (χ1) is 9.66. The van der Waals surface area contributed by atoms with Gasteiger partial charge >= 0.3 is 0 Å². The van der Waals surface area contributed by atoms with Crippen LogP contribution in [-0.4, -0.2) is 35.2 Å². The number of nitrogens with zero attached hydrogens (tertiary/aromatic N) is 1. The molecular weight excluding hydrogens is 246 g/mol. The van der Waals surface area contributed by atoms with Gasteiger partial charge < -0.3 is 10.0 Å². The molecule has 2 nitrogen and oxygen atoms in total. The van der Waals surface area contributed by atoms with Crippen LogP contribution in [0.15, 0.2) is 23.8 Å². The fourth-order valence-corrected chi connectivity index (χ4v) is 2.40. The Bertz CT molecular complexity index is 282. The summed E-state index contributed by atoms with van der Waals surface area (Å²) in [6.45, 7) is 13.2. The van der Waals surface area contributed by atoms with Crippen molar-refractivity contribution in [3.63, 3.8) is 0 Å². The summed E-state index contributed by atoms with van der Waals surface area (Å²) in [7, 11) is 0. The maximum Gasteiger partial charge on any atom is 0.0644 e. The van der Waals surface area contributed by atoms with Crippen LogP contribution in [0.2, 0.25) is 0 Å². The van der Waals surface area contributed by atoms with E-state index >= 15 is 0 Å². The number of hydrogen-bond donors (Lipinski definition) is 1. The van der Waals surface area contributed by atoms with Crippen molar-refractivity contribution in [3.8, 4) is 0 Å². The lowest BCUT2D eigenvalue weighted by Gasteiger charge is -2.35. The van der Waals surface area contributed by atoms with Gasteiger partial charge in [-0.3, -0.25) is 0 Å². The van der Waals surface area contributed by atoms with Gasteiger partial charge in [0.25, 0.3) is 0 Å². The average Bonchev–Trinajstić information content (AvgIpc) is 2.51. The van der Waals surface area contributed by atoms with Crippen LogP contribution in [0.3, 0.4) is 0 Å². The predicted octanol–water partition coefficient (Wildman–Crippen LogP) is 4.55. The molecule has 1 saturated heterocycles. The van der Waals surface area contributed by atoms with E-state index in [0.717, 1.165) is 32.5 Å². The molecule has 0 aromatic carbocycles. The Hall–Kier alpha value is -0.600. The molecule has 1 fully saturated rings. The van der Waals surface area contributed by atoms with Crippen LogP contribution in [0.1, 0.15) is 66.7 Å². The van der Waals surface area contributed by atoms with Crippen LogP contribution in [0.25, 0.3) is 0 Å². The molecule has 0 radical (unpaired) electrons. The third-order valence-corrected chi connectivity index (χ3v) is 3.72. The molecule has 2 aliphatic rings. The Kier molecular flexibility index (Phi) is 10.8. The van der Waals surface area contributed by atoms with Gasteiger partial charge in [-0.25, -0.2) is 0 Å². The van der Waals surface area contributed by atoms with Crippen molar-refractivity contribution in [1.29, 1.82) is 0 Å². The van der Waals surface area contributed by atoms with Gasteiger partial charge in [-0.2, -0.15) is 0 Å². The van der Waals surface area contributed by atoms with E-state index in [1.54, 1.807) is 0 Å². The molecule has 0 amide bonds. The van der Waals surface area contributed by atoms with Crippen molar-refractivity contribution in [2.24, 2.45) is 0 Å². The second kappa shape index (κ2) is 11.1. The summed E-state index contributed by atoms with van der Waals surface area (Å²) in [5.74, 6) is 0. The number of piperidine rings is 1. The first kappa shape index (κ1) is 19.4. The molecule has 0 aromatic rings. The zero-order valence-corrected chi connectivity index (χ0v) is 14.3. The molecule has 0 aromatic heterocycles. The fraction of sp³-hybridized carbons (Fsp3) is 0.778. The molecule has 0 bridgehead atoms. The first-order valence-corrected chi connectivity index (χ1v) is 8.46. The monoisotopic (exact) mass is 281 g/mol. The van der Waals surface area contributed by atoms with Crippen molar-refractivity contribution >= 4 is 0 Å². The van der Waals surface area contributed by atoms with E-state index in [-0.39, 0.29) is 0 Å². The van der Waals surface area contributed by atoms with Gasteiger partial charge in [0.1, 0.15) is 0 Å². The predicted molar refractivity (Wildman–Crippen MR) is 90.1 cm³/mol. The summed E-state index contributed by atoms with van der Waals surface area (Å²) in [5, 5.41) is 9.86. The van der Waals surface area contributed by atoms with Gasteiger partial charge in [0.15, 0.2) is 0 Å². The van der Waals surface area contributed by atoms with E-state index in [4.69, 9.17) is 0 Å². The van der Waals surface area contributed by atoms with Crippen LogP contribution in [0.5, 0.6) is 0 Å². The van der Waals surface area contributed by atoms with E-state index in [2.05, 4.69) is 23.1 Å². The highest BCUT2D eigenvalue weighted by Gasteiger charge is 2.26. The molecule has 2 rings (SSSR count). The van der Waals surface area contributed by atoms with Crippen LogP contribution in [-0.2, 0) is 0 Å². The molecule has 2 heteroatoms. The van der Waals surface area contributed by atoms with Crippen molar-refractivity contribution in [2.45, 2.75) is 72.3 Å². The minimum Gasteiger partial charge on any atom is -0.390 e. The lowest BCUT2D eigenvalue weighted by Crippen LogP contribution is -2.42. The van der Waals surface area contributed by atoms with E-state index in [1.165, 1.54) is 24.8 Å². The zero-order valence-electron chi connectivity index (χ0n) is 14.3. The van der Waals surface area contributed by atoms with Crippen molar-refractivity contribution in [2.75, 3.05) is 19.6 Å². The standard InChI is InChI=1S/C14H23NO.2C2H6/c1-14(16)8-11-15(12-9-14)10-7-13-5-3-2-4-6-13;2*1-2/h3,5-6,16H,2,4,7-12H2,1H3;2*1-2H3. The van der Waals surface area contributed by atoms with Crippen LogP contribution in [0.4, 0.5) is 0 Å². The molecule has 1 aliphatic carbocycles. The minimum atomic E-state index is -0.416. The number of aliphatic hydroxyl groups is 1. The summed E-state index contributed by atoms with van der Waals surface area (Å²) in [4.78, 5) is 2.47. The Labute approximate surface area is 126 Å². The third-order valence-electron chi connectivity index (χ3n) is 3.72. The first-order valence-electron chi connectivity index (χ1n) is 8.46. The van der Waals surface area contributed by atoms with Crippen LogP contribution >= 0.6 is 0 Å². The molecular formula is C18H35NO. The van der Waals surface area contributed by atoms with Gasteiger partial charge in [-0.05, 0) is 39.0 Å². The molecule has 1 heterocycles. The fourth-order valence-electron chi connectivity index (χ4n) is 2.40. The Morgan fingerprint density at radius 1 is 1.10 bits per heavy atom. The molecule has 0 spiro atoms. The molecule has 118 valence electrons. The highest BCUT2D eigenvalue weighted by Crippen LogP contribution is 2.22. The SMILES string of the molecule is CC.CC.CC1(O)CCN(CCC2=CCCC=C2)CC1.